The molecule has 0 spiro atoms. The van der Waals surface area contributed by atoms with E-state index in [9.17, 15) is 4.21 Å². The van der Waals surface area contributed by atoms with Gasteiger partial charge in [0.15, 0.2) is 0 Å². The highest BCUT2D eigenvalue weighted by Gasteiger charge is 2.23. The lowest BCUT2D eigenvalue weighted by Gasteiger charge is -2.12. The molecule has 1 aliphatic heterocycles. The first-order chi connectivity index (χ1) is 15.1. The van der Waals surface area contributed by atoms with Crippen molar-refractivity contribution < 1.29 is 13.5 Å². The molecule has 3 aromatic rings. The highest BCUT2D eigenvalue weighted by Crippen LogP contribution is 2.33. The van der Waals surface area contributed by atoms with E-state index in [4.69, 9.17) is 14.2 Å². The molecule has 2 aliphatic rings. The molecule has 3 N–H and O–H groups in total. The van der Waals surface area contributed by atoms with Gasteiger partial charge in [-0.05, 0) is 57.2 Å². The Labute approximate surface area is 184 Å². The number of aromatic nitrogens is 3. The summed E-state index contributed by atoms with van der Waals surface area (Å²) in [6.07, 6.45) is 6.86. The van der Waals surface area contributed by atoms with E-state index in [0.717, 1.165) is 60.4 Å². The smallest absolute Gasteiger partial charge is 0.201 e. The van der Waals surface area contributed by atoms with E-state index < -0.39 is 11.0 Å². The number of fused-ring (bicyclic) bond motifs is 1. The quantitative estimate of drug-likeness (QED) is 0.510. The molecule has 166 valence electrons. The van der Waals surface area contributed by atoms with Gasteiger partial charge >= 0.3 is 0 Å². The molecular weight excluding hydrogens is 414 g/mol. The summed E-state index contributed by atoms with van der Waals surface area (Å²) in [5.74, 6) is 1.41. The monoisotopic (exact) mass is 443 g/mol. The molecule has 5 rings (SSSR count). The molecule has 2 atom stereocenters. The molecule has 2 aromatic heterocycles. The molecule has 9 heteroatoms. The summed E-state index contributed by atoms with van der Waals surface area (Å²) in [5.41, 5.74) is 4.23. The van der Waals surface area contributed by atoms with Gasteiger partial charge in [-0.25, -0.2) is 13.9 Å². The molecule has 3 heterocycles. The average Bonchev–Trinajstić information content (AvgIpc) is 3.54. The van der Waals surface area contributed by atoms with Crippen LogP contribution in [-0.2, 0) is 15.7 Å². The minimum absolute atomic E-state index is 0.212. The Morgan fingerprint density at radius 1 is 1.19 bits per heavy atom. The summed E-state index contributed by atoms with van der Waals surface area (Å²) in [7, 11) is -1.36. The third-order valence-corrected chi connectivity index (χ3v) is 7.48. The topological polar surface area (TPSA) is 105 Å². The predicted molar refractivity (Wildman–Crippen MR) is 120 cm³/mol. The fourth-order valence-electron chi connectivity index (χ4n) is 4.62. The van der Waals surface area contributed by atoms with Crippen molar-refractivity contribution in [1.29, 1.82) is 0 Å². The molecule has 2 unspecified atom stereocenters. The lowest BCUT2D eigenvalue weighted by Crippen LogP contribution is -2.28. The van der Waals surface area contributed by atoms with Crippen molar-refractivity contribution in [3.8, 4) is 11.1 Å². The van der Waals surface area contributed by atoms with Crippen LogP contribution in [0.15, 0.2) is 21.6 Å². The lowest BCUT2D eigenvalue weighted by atomic mass is 10.0. The highest BCUT2D eigenvalue weighted by molar-refractivity contribution is 7.83. The number of H-pyrrole nitrogens is 1. The maximum absolute atomic E-state index is 13.3. The number of ether oxygens (including phenoxy) is 1. The molecule has 0 amide bonds. The van der Waals surface area contributed by atoms with Crippen LogP contribution in [0.1, 0.15) is 50.0 Å². The van der Waals surface area contributed by atoms with Crippen molar-refractivity contribution in [2.75, 3.05) is 18.5 Å². The maximum atomic E-state index is 13.3. The fraction of sp³-hybridized carbons (Fsp3) is 0.545. The molecule has 0 bridgehead atoms. The van der Waals surface area contributed by atoms with Crippen LogP contribution in [0, 0.1) is 13.8 Å². The van der Waals surface area contributed by atoms with E-state index in [0.29, 0.717) is 22.9 Å². The number of rotatable bonds is 7. The third-order valence-electron chi connectivity index (χ3n) is 6.22. The number of aromatic amines is 1. The number of aryl methyl sites for hydroxylation is 2. The van der Waals surface area contributed by atoms with Gasteiger partial charge in [-0.15, -0.1) is 0 Å². The van der Waals surface area contributed by atoms with Crippen molar-refractivity contribution >= 4 is 28.0 Å². The maximum Gasteiger partial charge on any atom is 0.201 e. The second-order valence-corrected chi connectivity index (χ2v) is 9.75. The number of hydrogen-bond donors (Lipinski definition) is 3. The van der Waals surface area contributed by atoms with Gasteiger partial charge in [-0.2, -0.15) is 0 Å². The molecular formula is C22H29N5O3S. The van der Waals surface area contributed by atoms with Crippen LogP contribution in [0.3, 0.4) is 0 Å². The average molecular weight is 444 g/mol. The number of hydrogen-bond acceptors (Lipinski definition) is 6. The molecule has 2 fully saturated rings. The number of nitrogens with zero attached hydrogens (tertiary/aromatic N) is 2. The van der Waals surface area contributed by atoms with E-state index in [1.54, 1.807) is 0 Å². The fourth-order valence-corrected chi connectivity index (χ4v) is 5.86. The summed E-state index contributed by atoms with van der Waals surface area (Å²) in [6.45, 7) is 5.35. The van der Waals surface area contributed by atoms with Crippen molar-refractivity contribution in [3.05, 3.63) is 23.6 Å². The predicted octanol–water partition coefficient (Wildman–Crippen LogP) is 3.98. The van der Waals surface area contributed by atoms with E-state index >= 15 is 0 Å². The number of nitrogens with one attached hydrogen (secondary N) is 3. The normalized spacial score (nSPS) is 20.6. The van der Waals surface area contributed by atoms with Gasteiger partial charge in [-0.3, -0.25) is 0 Å². The van der Waals surface area contributed by atoms with E-state index in [-0.39, 0.29) is 12.1 Å². The van der Waals surface area contributed by atoms with Crippen LogP contribution in [0.4, 0.5) is 5.95 Å². The summed E-state index contributed by atoms with van der Waals surface area (Å²) in [6, 6.07) is 4.27. The van der Waals surface area contributed by atoms with Crippen molar-refractivity contribution in [1.82, 2.24) is 19.8 Å². The molecule has 31 heavy (non-hydrogen) atoms. The van der Waals surface area contributed by atoms with Crippen LogP contribution >= 0.6 is 0 Å². The summed E-state index contributed by atoms with van der Waals surface area (Å²) in [4.78, 5) is 8.78. The summed E-state index contributed by atoms with van der Waals surface area (Å²) in [5, 5.41) is 7.44. The van der Waals surface area contributed by atoms with Gasteiger partial charge < -0.3 is 19.6 Å². The first-order valence-corrected chi connectivity index (χ1v) is 12.2. The van der Waals surface area contributed by atoms with Crippen LogP contribution in [0.25, 0.3) is 22.2 Å². The number of imidazole rings is 1. The Hall–Kier alpha value is -2.23. The van der Waals surface area contributed by atoms with Crippen molar-refractivity contribution in [3.63, 3.8) is 0 Å². The molecule has 8 nitrogen and oxygen atoms in total. The van der Waals surface area contributed by atoms with Crippen molar-refractivity contribution in [2.24, 2.45) is 0 Å². The molecule has 0 radical (unpaired) electrons. The molecule has 1 aromatic carbocycles. The van der Waals surface area contributed by atoms with Crippen LogP contribution < -0.4 is 10.0 Å². The SMILES string of the molecule is Cc1noc(C)c1-c1cc(S(=O)NC2CCCC2)c2nc(NCC3CCCO3)[nH]c2c1. The van der Waals surface area contributed by atoms with Crippen LogP contribution in [0.2, 0.25) is 0 Å². The van der Waals surface area contributed by atoms with Gasteiger partial charge in [0.2, 0.25) is 5.95 Å². The zero-order valence-electron chi connectivity index (χ0n) is 18.0. The minimum Gasteiger partial charge on any atom is -0.376 e. The van der Waals surface area contributed by atoms with Gasteiger partial charge in [0.1, 0.15) is 22.3 Å². The Morgan fingerprint density at radius 2 is 2.03 bits per heavy atom. The Balaban J connectivity index is 1.51. The number of anilines is 1. The van der Waals surface area contributed by atoms with Crippen LogP contribution in [0.5, 0.6) is 0 Å². The molecule has 1 aliphatic carbocycles. The van der Waals surface area contributed by atoms with Gasteiger partial charge in [0, 0.05) is 24.8 Å². The largest absolute Gasteiger partial charge is 0.376 e. The Kier molecular flexibility index (Phi) is 5.81. The summed E-state index contributed by atoms with van der Waals surface area (Å²) < 4.78 is 27.7. The van der Waals surface area contributed by atoms with Crippen LogP contribution in [-0.4, -0.2) is 44.6 Å². The van der Waals surface area contributed by atoms with Crippen molar-refractivity contribution in [2.45, 2.75) is 69.4 Å². The second kappa shape index (κ2) is 8.72. The van der Waals surface area contributed by atoms with E-state index in [1.807, 2.05) is 26.0 Å². The minimum atomic E-state index is -1.36. The van der Waals surface area contributed by atoms with Gasteiger partial charge in [-0.1, -0.05) is 18.0 Å². The first-order valence-electron chi connectivity index (χ1n) is 11.1. The van der Waals surface area contributed by atoms with E-state index in [2.05, 4.69) is 20.2 Å². The second-order valence-electron chi connectivity index (χ2n) is 8.54. The summed E-state index contributed by atoms with van der Waals surface area (Å²) >= 11 is 0. The molecule has 1 saturated carbocycles. The Morgan fingerprint density at radius 3 is 2.74 bits per heavy atom. The highest BCUT2D eigenvalue weighted by atomic mass is 32.2. The van der Waals surface area contributed by atoms with E-state index in [1.165, 1.54) is 12.8 Å². The zero-order chi connectivity index (χ0) is 21.4. The zero-order valence-corrected chi connectivity index (χ0v) is 18.8. The molecule has 1 saturated heterocycles. The Bertz CT molecular complexity index is 1080. The van der Waals surface area contributed by atoms with Gasteiger partial charge in [0.25, 0.3) is 0 Å². The standard InChI is InChI=1S/C22H29N5O3S/c1-13-20(14(2)30-26-13)15-10-18-21(19(11-15)31(28)27-16-6-3-4-7-16)25-22(24-18)23-12-17-8-5-9-29-17/h10-11,16-17,27H,3-9,12H2,1-2H3,(H2,23,24,25). The van der Waals surface area contributed by atoms with Gasteiger partial charge in [0.05, 0.1) is 22.2 Å². The third kappa shape index (κ3) is 4.26. The first kappa shape index (κ1) is 20.7. The lowest BCUT2D eigenvalue weighted by molar-refractivity contribution is 0.120. The number of benzene rings is 1.